The first-order valence-corrected chi connectivity index (χ1v) is 9.85. The molecule has 2 aliphatic rings. The number of carbonyl (C=O) groups is 5. The first-order valence-electron chi connectivity index (χ1n) is 9.85. The highest BCUT2D eigenvalue weighted by Gasteiger charge is 2.51. The van der Waals surface area contributed by atoms with E-state index in [4.69, 9.17) is 20.7 Å². The number of alkyl halides is 3. The second-order valence-corrected chi connectivity index (χ2v) is 7.58. The maximum absolute atomic E-state index is 12.9. The third kappa shape index (κ3) is 7.07. The summed E-state index contributed by atoms with van der Waals surface area (Å²) in [7, 11) is 0. The molecule has 0 aromatic rings. The highest BCUT2D eigenvalue weighted by Crippen LogP contribution is 2.37. The van der Waals surface area contributed by atoms with Gasteiger partial charge in [-0.05, 0) is 32.1 Å². The quantitative estimate of drug-likeness (QED) is 0.365. The van der Waals surface area contributed by atoms with Gasteiger partial charge in [0, 0.05) is 13.0 Å². The van der Waals surface area contributed by atoms with Crippen LogP contribution in [0.4, 0.5) is 13.2 Å². The SMILES string of the molecule is N[C@H]1CCCC[C@@]2(C(=O)N[C@H](CCC(=O)O)C(=O)O)CCCN2C1=O.O=C(O)C(F)(F)F. The lowest BCUT2D eigenvalue weighted by atomic mass is 9.85. The van der Waals surface area contributed by atoms with Gasteiger partial charge in [-0.25, -0.2) is 9.59 Å². The van der Waals surface area contributed by atoms with Crippen LogP contribution in [0.1, 0.15) is 51.4 Å². The number of hydrogen-bond acceptors (Lipinski definition) is 6. The van der Waals surface area contributed by atoms with E-state index in [0.29, 0.717) is 32.2 Å². The summed E-state index contributed by atoms with van der Waals surface area (Å²) in [5.41, 5.74) is 4.83. The molecule has 2 saturated heterocycles. The highest BCUT2D eigenvalue weighted by atomic mass is 19.4. The van der Waals surface area contributed by atoms with Gasteiger partial charge >= 0.3 is 24.1 Å². The Morgan fingerprint density at radius 2 is 1.69 bits per heavy atom. The minimum absolute atomic E-state index is 0.208. The Bertz CT molecular complexity index is 745. The Hall–Kier alpha value is -2.90. The molecular formula is C18H26F3N3O8. The van der Waals surface area contributed by atoms with Crippen molar-refractivity contribution in [3.8, 4) is 0 Å². The number of carboxylic acids is 3. The van der Waals surface area contributed by atoms with Crippen LogP contribution in [-0.2, 0) is 24.0 Å². The minimum Gasteiger partial charge on any atom is -0.481 e. The van der Waals surface area contributed by atoms with Crippen LogP contribution in [0.3, 0.4) is 0 Å². The van der Waals surface area contributed by atoms with Gasteiger partial charge in [-0.3, -0.25) is 14.4 Å². The lowest BCUT2D eigenvalue weighted by Crippen LogP contribution is -2.62. The fourth-order valence-corrected chi connectivity index (χ4v) is 3.73. The molecule has 2 fully saturated rings. The zero-order valence-corrected chi connectivity index (χ0v) is 17.1. The van der Waals surface area contributed by atoms with E-state index < -0.39 is 47.6 Å². The number of carbonyl (C=O) groups excluding carboxylic acids is 2. The van der Waals surface area contributed by atoms with Crippen molar-refractivity contribution in [2.75, 3.05) is 6.54 Å². The Kier molecular flexibility index (Phi) is 9.42. The van der Waals surface area contributed by atoms with Gasteiger partial charge in [0.05, 0.1) is 6.04 Å². The van der Waals surface area contributed by atoms with Crippen molar-refractivity contribution in [3.05, 3.63) is 0 Å². The number of amides is 2. The topological polar surface area (TPSA) is 187 Å². The molecule has 3 atom stereocenters. The second kappa shape index (κ2) is 11.1. The van der Waals surface area contributed by atoms with Gasteiger partial charge in [0.25, 0.3) is 0 Å². The number of halogens is 3. The van der Waals surface area contributed by atoms with E-state index in [1.807, 2.05) is 0 Å². The third-order valence-corrected chi connectivity index (χ3v) is 5.34. The van der Waals surface area contributed by atoms with Crippen molar-refractivity contribution < 1.29 is 52.5 Å². The Labute approximate surface area is 180 Å². The molecule has 0 unspecified atom stereocenters. The van der Waals surface area contributed by atoms with E-state index in [-0.39, 0.29) is 18.7 Å². The van der Waals surface area contributed by atoms with Crippen molar-refractivity contribution in [2.45, 2.75) is 75.2 Å². The largest absolute Gasteiger partial charge is 0.490 e. The van der Waals surface area contributed by atoms with Gasteiger partial charge in [0.2, 0.25) is 11.8 Å². The van der Waals surface area contributed by atoms with E-state index in [9.17, 15) is 37.5 Å². The first-order chi connectivity index (χ1) is 14.7. The molecule has 2 aliphatic heterocycles. The third-order valence-electron chi connectivity index (χ3n) is 5.34. The van der Waals surface area contributed by atoms with E-state index in [2.05, 4.69) is 5.32 Å². The van der Waals surface area contributed by atoms with Crippen LogP contribution in [0.15, 0.2) is 0 Å². The van der Waals surface area contributed by atoms with Gasteiger partial charge in [0.15, 0.2) is 0 Å². The number of fused-ring (bicyclic) bond motifs is 1. The first kappa shape index (κ1) is 27.1. The van der Waals surface area contributed by atoms with Crippen LogP contribution in [0.25, 0.3) is 0 Å². The molecule has 2 rings (SSSR count). The maximum Gasteiger partial charge on any atom is 0.490 e. The molecule has 2 amide bonds. The molecule has 0 aliphatic carbocycles. The molecule has 0 aromatic carbocycles. The number of hydrogen-bond donors (Lipinski definition) is 5. The average Bonchev–Trinajstić information content (AvgIpc) is 3.10. The van der Waals surface area contributed by atoms with Crippen molar-refractivity contribution >= 4 is 29.7 Å². The zero-order valence-electron chi connectivity index (χ0n) is 17.1. The van der Waals surface area contributed by atoms with Crippen LogP contribution in [0.2, 0.25) is 0 Å². The molecule has 0 saturated carbocycles. The molecule has 2 heterocycles. The van der Waals surface area contributed by atoms with Crippen molar-refractivity contribution in [2.24, 2.45) is 5.73 Å². The van der Waals surface area contributed by atoms with Crippen molar-refractivity contribution in [3.63, 3.8) is 0 Å². The van der Waals surface area contributed by atoms with Crippen molar-refractivity contribution in [1.29, 1.82) is 0 Å². The predicted octanol–water partition coefficient (Wildman–Crippen LogP) is 0.316. The average molecular weight is 469 g/mol. The summed E-state index contributed by atoms with van der Waals surface area (Å²) < 4.78 is 31.7. The molecule has 182 valence electrons. The van der Waals surface area contributed by atoms with E-state index in [0.717, 1.165) is 12.8 Å². The second-order valence-electron chi connectivity index (χ2n) is 7.58. The summed E-state index contributed by atoms with van der Waals surface area (Å²) in [6.45, 7) is 0.423. The molecular weight excluding hydrogens is 443 g/mol. The van der Waals surface area contributed by atoms with Gasteiger partial charge in [-0.1, -0.05) is 12.8 Å². The number of aliphatic carboxylic acids is 3. The maximum atomic E-state index is 12.9. The molecule has 0 bridgehead atoms. The van der Waals surface area contributed by atoms with Crippen LogP contribution in [0, 0.1) is 0 Å². The van der Waals surface area contributed by atoms with Crippen LogP contribution in [-0.4, -0.2) is 80.3 Å². The highest BCUT2D eigenvalue weighted by molar-refractivity contribution is 5.95. The van der Waals surface area contributed by atoms with Crippen molar-refractivity contribution in [1.82, 2.24) is 10.2 Å². The van der Waals surface area contributed by atoms with Gasteiger partial charge < -0.3 is 31.3 Å². The predicted molar refractivity (Wildman–Crippen MR) is 100 cm³/mol. The number of nitrogens with two attached hydrogens (primary N) is 1. The van der Waals surface area contributed by atoms with Crippen LogP contribution in [0.5, 0.6) is 0 Å². The monoisotopic (exact) mass is 469 g/mol. The number of carboxylic acid groups (broad SMARTS) is 3. The standard InChI is InChI=1S/C16H25N3O6.C2HF3O2/c17-10-4-1-2-7-16(8-3-9-19(16)13(10)22)15(25)18-11(14(23)24)5-6-12(20)21;3-2(4,5)1(6)7/h10-11H,1-9,17H2,(H,18,25)(H,20,21)(H,23,24);(H,6,7)/t10-,11+,16-;/m0./s1. The summed E-state index contributed by atoms with van der Waals surface area (Å²) in [4.78, 5) is 57.9. The molecule has 0 aromatic heterocycles. The minimum atomic E-state index is -5.08. The smallest absolute Gasteiger partial charge is 0.481 e. The lowest BCUT2D eigenvalue weighted by molar-refractivity contribution is -0.192. The molecule has 11 nitrogen and oxygen atoms in total. The summed E-state index contributed by atoms with van der Waals surface area (Å²) in [5, 5.41) is 27.6. The molecule has 32 heavy (non-hydrogen) atoms. The molecule has 6 N–H and O–H groups in total. The zero-order chi connectivity index (χ0) is 24.7. The van der Waals surface area contributed by atoms with E-state index in [1.165, 1.54) is 4.90 Å². The molecule has 0 radical (unpaired) electrons. The number of nitrogens with one attached hydrogen (secondary N) is 1. The van der Waals surface area contributed by atoms with E-state index >= 15 is 0 Å². The van der Waals surface area contributed by atoms with Gasteiger partial charge in [-0.15, -0.1) is 0 Å². The van der Waals surface area contributed by atoms with Gasteiger partial charge in [0.1, 0.15) is 11.6 Å². The normalized spacial score (nSPS) is 24.2. The Balaban J connectivity index is 0.000000633. The van der Waals surface area contributed by atoms with Crippen LogP contribution < -0.4 is 11.1 Å². The lowest BCUT2D eigenvalue weighted by Gasteiger charge is -2.40. The van der Waals surface area contributed by atoms with Crippen LogP contribution >= 0.6 is 0 Å². The van der Waals surface area contributed by atoms with Gasteiger partial charge in [-0.2, -0.15) is 13.2 Å². The molecule has 0 spiro atoms. The Morgan fingerprint density at radius 3 is 2.19 bits per heavy atom. The summed E-state index contributed by atoms with van der Waals surface area (Å²) in [6.07, 6.45) is -2.06. The fourth-order valence-electron chi connectivity index (χ4n) is 3.73. The van der Waals surface area contributed by atoms with E-state index in [1.54, 1.807) is 0 Å². The summed E-state index contributed by atoms with van der Waals surface area (Å²) >= 11 is 0. The fraction of sp³-hybridized carbons (Fsp3) is 0.722. The Morgan fingerprint density at radius 1 is 1.12 bits per heavy atom. The molecule has 14 heteroatoms. The number of nitrogens with zero attached hydrogens (tertiary/aromatic N) is 1. The number of rotatable bonds is 6. The summed E-state index contributed by atoms with van der Waals surface area (Å²) in [6, 6.07) is -1.94. The summed E-state index contributed by atoms with van der Waals surface area (Å²) in [5.74, 6) is -5.97.